The SMILES string of the molecule is CC1CN(C)CCN1CC(O)c1cccc(F)c1. The Morgan fingerprint density at radius 3 is 2.89 bits per heavy atom. The molecule has 0 radical (unpaired) electrons. The van der Waals surface area contributed by atoms with Gasteiger partial charge in [0.05, 0.1) is 6.10 Å². The Kier molecular flexibility index (Phi) is 4.32. The molecular weight excluding hydrogens is 231 g/mol. The molecule has 0 spiro atoms. The van der Waals surface area contributed by atoms with E-state index in [1.54, 1.807) is 12.1 Å². The summed E-state index contributed by atoms with van der Waals surface area (Å²) in [5.41, 5.74) is 0.654. The first kappa shape index (κ1) is 13.5. The highest BCUT2D eigenvalue weighted by molar-refractivity contribution is 5.19. The number of halogens is 1. The topological polar surface area (TPSA) is 26.7 Å². The number of likely N-dealkylation sites (N-methyl/N-ethyl adjacent to an activating group) is 1. The lowest BCUT2D eigenvalue weighted by Gasteiger charge is -2.39. The van der Waals surface area contributed by atoms with Gasteiger partial charge < -0.3 is 10.0 Å². The first-order chi connectivity index (χ1) is 8.56. The third kappa shape index (κ3) is 3.28. The fourth-order valence-corrected chi connectivity index (χ4v) is 2.49. The number of aliphatic hydroxyl groups is 1. The second kappa shape index (κ2) is 5.78. The van der Waals surface area contributed by atoms with E-state index >= 15 is 0 Å². The molecule has 100 valence electrons. The molecule has 0 aliphatic carbocycles. The number of nitrogens with zero attached hydrogens (tertiary/aromatic N) is 2. The van der Waals surface area contributed by atoms with Crippen molar-refractivity contribution in [2.24, 2.45) is 0 Å². The first-order valence-corrected chi connectivity index (χ1v) is 6.42. The van der Waals surface area contributed by atoms with Crippen molar-refractivity contribution in [3.8, 4) is 0 Å². The maximum Gasteiger partial charge on any atom is 0.123 e. The minimum atomic E-state index is -0.619. The lowest BCUT2D eigenvalue weighted by molar-refractivity contribution is 0.0473. The van der Waals surface area contributed by atoms with Crippen LogP contribution in [0.25, 0.3) is 0 Å². The Labute approximate surface area is 108 Å². The summed E-state index contributed by atoms with van der Waals surface area (Å²) in [6.45, 7) is 5.70. The van der Waals surface area contributed by atoms with Gasteiger partial charge in [0.15, 0.2) is 0 Å². The van der Waals surface area contributed by atoms with E-state index < -0.39 is 6.10 Å². The van der Waals surface area contributed by atoms with Gasteiger partial charge in [-0.05, 0) is 31.7 Å². The molecule has 2 rings (SSSR count). The van der Waals surface area contributed by atoms with E-state index in [4.69, 9.17) is 0 Å². The molecule has 2 unspecified atom stereocenters. The molecule has 0 saturated carbocycles. The number of rotatable bonds is 3. The monoisotopic (exact) mass is 252 g/mol. The van der Waals surface area contributed by atoms with Crippen molar-refractivity contribution in [1.29, 1.82) is 0 Å². The van der Waals surface area contributed by atoms with E-state index in [-0.39, 0.29) is 5.82 Å². The Bertz CT molecular complexity index is 399. The molecule has 1 aromatic carbocycles. The van der Waals surface area contributed by atoms with Crippen LogP contribution in [0.3, 0.4) is 0 Å². The van der Waals surface area contributed by atoms with Gasteiger partial charge in [0.2, 0.25) is 0 Å². The summed E-state index contributed by atoms with van der Waals surface area (Å²) in [7, 11) is 2.11. The van der Waals surface area contributed by atoms with Gasteiger partial charge in [-0.1, -0.05) is 12.1 Å². The van der Waals surface area contributed by atoms with Gasteiger partial charge in [-0.2, -0.15) is 0 Å². The van der Waals surface area contributed by atoms with Crippen LogP contribution in [0, 0.1) is 5.82 Å². The highest BCUT2D eigenvalue weighted by Gasteiger charge is 2.23. The van der Waals surface area contributed by atoms with Crippen LogP contribution in [0.2, 0.25) is 0 Å². The normalized spacial score (nSPS) is 24.1. The Balaban J connectivity index is 1.97. The molecule has 0 aromatic heterocycles. The summed E-state index contributed by atoms with van der Waals surface area (Å²) < 4.78 is 13.1. The Morgan fingerprint density at radius 2 is 2.22 bits per heavy atom. The average Bonchev–Trinajstić information content (AvgIpc) is 2.32. The van der Waals surface area contributed by atoms with Crippen molar-refractivity contribution in [3.63, 3.8) is 0 Å². The third-order valence-electron chi connectivity index (χ3n) is 3.61. The zero-order valence-electron chi connectivity index (χ0n) is 11.0. The van der Waals surface area contributed by atoms with E-state index in [1.807, 2.05) is 0 Å². The molecule has 1 fully saturated rings. The zero-order valence-corrected chi connectivity index (χ0v) is 11.0. The largest absolute Gasteiger partial charge is 0.387 e. The summed E-state index contributed by atoms with van der Waals surface area (Å²) in [5, 5.41) is 10.2. The highest BCUT2D eigenvalue weighted by Crippen LogP contribution is 2.18. The smallest absolute Gasteiger partial charge is 0.123 e. The van der Waals surface area contributed by atoms with Crippen LogP contribution < -0.4 is 0 Å². The summed E-state index contributed by atoms with van der Waals surface area (Å²) in [6.07, 6.45) is -0.619. The minimum Gasteiger partial charge on any atom is -0.387 e. The van der Waals surface area contributed by atoms with Crippen LogP contribution in [0.1, 0.15) is 18.6 Å². The van der Waals surface area contributed by atoms with Crippen LogP contribution in [0.4, 0.5) is 4.39 Å². The molecule has 2 atom stereocenters. The third-order valence-corrected chi connectivity index (χ3v) is 3.61. The predicted octanol–water partition coefficient (Wildman–Crippen LogP) is 1.49. The van der Waals surface area contributed by atoms with Gasteiger partial charge in [-0.15, -0.1) is 0 Å². The van der Waals surface area contributed by atoms with Gasteiger partial charge >= 0.3 is 0 Å². The fourth-order valence-electron chi connectivity index (χ4n) is 2.49. The number of β-amino-alcohol motifs (C(OH)–C–C–N with tert-alkyl or cyclic N) is 1. The maximum atomic E-state index is 13.1. The molecule has 1 saturated heterocycles. The molecule has 1 aromatic rings. The zero-order chi connectivity index (χ0) is 13.1. The molecule has 1 N–H and O–H groups in total. The minimum absolute atomic E-state index is 0.294. The average molecular weight is 252 g/mol. The van der Waals surface area contributed by atoms with Crippen LogP contribution in [0.15, 0.2) is 24.3 Å². The predicted molar refractivity (Wildman–Crippen MR) is 69.9 cm³/mol. The molecule has 4 heteroatoms. The Morgan fingerprint density at radius 1 is 1.44 bits per heavy atom. The Hall–Kier alpha value is -0.970. The van der Waals surface area contributed by atoms with Crippen molar-refractivity contribution in [3.05, 3.63) is 35.6 Å². The summed E-state index contributed by atoms with van der Waals surface area (Å²) in [6, 6.07) is 6.64. The van der Waals surface area contributed by atoms with Gasteiger partial charge in [0.1, 0.15) is 5.82 Å². The summed E-state index contributed by atoms with van der Waals surface area (Å²) in [4.78, 5) is 4.55. The fraction of sp³-hybridized carbons (Fsp3) is 0.571. The van der Waals surface area contributed by atoms with Crippen molar-refractivity contribution >= 4 is 0 Å². The molecule has 1 aliphatic rings. The molecule has 1 heterocycles. The van der Waals surface area contributed by atoms with Crippen LogP contribution >= 0.6 is 0 Å². The van der Waals surface area contributed by atoms with Crippen LogP contribution in [-0.2, 0) is 0 Å². The van der Waals surface area contributed by atoms with Gasteiger partial charge in [-0.25, -0.2) is 4.39 Å². The first-order valence-electron chi connectivity index (χ1n) is 6.42. The molecule has 1 aliphatic heterocycles. The van der Waals surface area contributed by atoms with E-state index in [0.29, 0.717) is 18.2 Å². The van der Waals surface area contributed by atoms with E-state index in [0.717, 1.165) is 19.6 Å². The lowest BCUT2D eigenvalue weighted by Crippen LogP contribution is -2.51. The second-order valence-electron chi connectivity index (χ2n) is 5.18. The number of aliphatic hydroxyl groups excluding tert-OH is 1. The molecule has 0 bridgehead atoms. The lowest BCUT2D eigenvalue weighted by atomic mass is 10.1. The molecule has 0 amide bonds. The highest BCUT2D eigenvalue weighted by atomic mass is 19.1. The number of hydrogen-bond acceptors (Lipinski definition) is 3. The quantitative estimate of drug-likeness (QED) is 0.883. The second-order valence-corrected chi connectivity index (χ2v) is 5.18. The van der Waals surface area contributed by atoms with Crippen molar-refractivity contribution < 1.29 is 9.50 Å². The van der Waals surface area contributed by atoms with Crippen LogP contribution in [-0.4, -0.2) is 54.2 Å². The summed E-state index contributed by atoms with van der Waals surface area (Å²) >= 11 is 0. The van der Waals surface area contributed by atoms with E-state index in [9.17, 15) is 9.50 Å². The number of piperazine rings is 1. The number of hydrogen-bond donors (Lipinski definition) is 1. The van der Waals surface area contributed by atoms with Crippen LogP contribution in [0.5, 0.6) is 0 Å². The van der Waals surface area contributed by atoms with Crippen molar-refractivity contribution in [2.45, 2.75) is 19.1 Å². The molecule has 3 nitrogen and oxygen atoms in total. The van der Waals surface area contributed by atoms with Gasteiger partial charge in [0.25, 0.3) is 0 Å². The van der Waals surface area contributed by atoms with E-state index in [2.05, 4.69) is 23.8 Å². The summed E-state index contributed by atoms with van der Waals surface area (Å²) in [5.74, 6) is -0.294. The van der Waals surface area contributed by atoms with Gasteiger partial charge in [0, 0.05) is 32.2 Å². The van der Waals surface area contributed by atoms with E-state index in [1.165, 1.54) is 12.1 Å². The molecular formula is C14H21FN2O. The van der Waals surface area contributed by atoms with Crippen molar-refractivity contribution in [2.75, 3.05) is 33.2 Å². The molecule has 18 heavy (non-hydrogen) atoms. The number of benzene rings is 1. The van der Waals surface area contributed by atoms with Crippen molar-refractivity contribution in [1.82, 2.24) is 9.80 Å². The maximum absolute atomic E-state index is 13.1. The standard InChI is InChI=1S/C14H21FN2O/c1-11-9-16(2)6-7-17(11)10-14(18)12-4-3-5-13(15)8-12/h3-5,8,11,14,18H,6-7,9-10H2,1-2H3. The van der Waals surface area contributed by atoms with Gasteiger partial charge in [-0.3, -0.25) is 4.90 Å².